The molecular weight excluding hydrogens is 295 g/mol. The minimum atomic E-state index is -1.29. The van der Waals surface area contributed by atoms with Gasteiger partial charge in [0.2, 0.25) is 0 Å². The smallest absolute Gasteiger partial charge is 0.119 e. The van der Waals surface area contributed by atoms with Crippen molar-refractivity contribution < 1.29 is 18.6 Å². The number of ether oxygens (including phenoxy) is 3. The fraction of sp³-hybridized carbons (Fsp3) is 0.684. The molecule has 4 fully saturated rings. The summed E-state index contributed by atoms with van der Waals surface area (Å²) in [6.07, 6.45) is 8.57. The zero-order chi connectivity index (χ0) is 16.6. The Morgan fingerprint density at radius 2 is 0.957 bits per heavy atom. The Hall–Kier alpha value is -0.970. The summed E-state index contributed by atoms with van der Waals surface area (Å²) in [6.45, 7) is 12.4. The van der Waals surface area contributed by atoms with Gasteiger partial charge in [-0.2, -0.15) is 0 Å². The van der Waals surface area contributed by atoms with Crippen LogP contribution in [-0.4, -0.2) is 42.3 Å². The number of hydrogen-bond donors (Lipinski definition) is 0. The summed E-state index contributed by atoms with van der Waals surface area (Å²) in [5.74, 6) is 0. The van der Waals surface area contributed by atoms with Crippen LogP contribution in [0.2, 0.25) is 0 Å². The number of alkyl halides is 1. The van der Waals surface area contributed by atoms with Crippen LogP contribution in [0.15, 0.2) is 38.0 Å². The summed E-state index contributed by atoms with van der Waals surface area (Å²) in [7, 11) is 0. The van der Waals surface area contributed by atoms with Gasteiger partial charge in [-0.1, -0.05) is 18.2 Å². The van der Waals surface area contributed by atoms with E-state index >= 15 is 4.39 Å². The Morgan fingerprint density at radius 3 is 1.22 bits per heavy atom. The largest absolute Gasteiger partial charge is 0.371 e. The predicted molar refractivity (Wildman–Crippen MR) is 88.2 cm³/mol. The van der Waals surface area contributed by atoms with Crippen molar-refractivity contribution in [2.45, 2.75) is 61.0 Å². The van der Waals surface area contributed by atoms with Gasteiger partial charge in [-0.05, 0) is 0 Å². The summed E-state index contributed by atoms with van der Waals surface area (Å²) < 4.78 is 33.9. The van der Waals surface area contributed by atoms with Crippen LogP contribution in [0.5, 0.6) is 0 Å². The molecule has 0 aromatic carbocycles. The van der Waals surface area contributed by atoms with Crippen LogP contribution in [0, 0.1) is 0 Å². The Labute approximate surface area is 138 Å². The maximum Gasteiger partial charge on any atom is 0.119 e. The molecule has 0 aromatic heterocycles. The molecule has 0 amide bonds. The first-order valence-electron chi connectivity index (χ1n) is 8.36. The van der Waals surface area contributed by atoms with Crippen LogP contribution in [0.4, 0.5) is 4.39 Å². The molecule has 0 aliphatic heterocycles. The third kappa shape index (κ3) is 3.04. The van der Waals surface area contributed by atoms with Gasteiger partial charge in [-0.15, -0.1) is 19.7 Å². The monoisotopic (exact) mass is 322 g/mol. The van der Waals surface area contributed by atoms with Gasteiger partial charge in [0.05, 0.1) is 36.6 Å². The van der Waals surface area contributed by atoms with Crippen LogP contribution >= 0.6 is 0 Å². The summed E-state index contributed by atoms with van der Waals surface area (Å²) in [5.41, 5.74) is -2.88. The quantitative estimate of drug-likeness (QED) is 0.603. The first-order chi connectivity index (χ1) is 10.9. The molecule has 0 N–H and O–H groups in total. The summed E-state index contributed by atoms with van der Waals surface area (Å²) in [6, 6.07) is 0. The molecule has 4 bridgehead atoms. The van der Waals surface area contributed by atoms with Crippen molar-refractivity contribution >= 4 is 0 Å². The lowest BCUT2D eigenvalue weighted by molar-refractivity contribution is -0.308. The molecule has 0 saturated heterocycles. The maximum atomic E-state index is 15.6. The first kappa shape index (κ1) is 16.9. The minimum Gasteiger partial charge on any atom is -0.371 e. The fourth-order valence-corrected chi connectivity index (χ4v) is 5.41. The van der Waals surface area contributed by atoms with Crippen molar-refractivity contribution in [1.82, 2.24) is 0 Å². The zero-order valence-corrected chi connectivity index (χ0v) is 13.8. The highest BCUT2D eigenvalue weighted by atomic mass is 19.1. The third-order valence-corrected chi connectivity index (χ3v) is 5.37. The molecule has 128 valence electrons. The van der Waals surface area contributed by atoms with Crippen LogP contribution in [-0.2, 0) is 14.2 Å². The predicted octanol–water partition coefficient (Wildman–Crippen LogP) is 3.90. The van der Waals surface area contributed by atoms with E-state index in [2.05, 4.69) is 19.7 Å². The second-order valence-corrected chi connectivity index (χ2v) is 7.56. The van der Waals surface area contributed by atoms with Gasteiger partial charge in [0, 0.05) is 38.5 Å². The van der Waals surface area contributed by atoms with Crippen LogP contribution in [0.25, 0.3) is 0 Å². The van der Waals surface area contributed by atoms with Gasteiger partial charge < -0.3 is 14.2 Å². The lowest BCUT2D eigenvalue weighted by Crippen LogP contribution is -2.72. The highest BCUT2D eigenvalue weighted by Gasteiger charge is 2.70. The van der Waals surface area contributed by atoms with Gasteiger partial charge in [0.25, 0.3) is 0 Å². The van der Waals surface area contributed by atoms with Crippen LogP contribution in [0.1, 0.15) is 38.5 Å². The summed E-state index contributed by atoms with van der Waals surface area (Å²) >= 11 is 0. The zero-order valence-electron chi connectivity index (χ0n) is 13.8. The van der Waals surface area contributed by atoms with Crippen LogP contribution in [0.3, 0.4) is 0 Å². The first-order valence-corrected chi connectivity index (χ1v) is 8.36. The van der Waals surface area contributed by atoms with E-state index in [1.807, 2.05) is 0 Å². The van der Waals surface area contributed by atoms with Crippen molar-refractivity contribution in [2.75, 3.05) is 19.8 Å². The SMILES string of the molecule is C=CCOC12CC3(F)CC(OCC=C)(C1)CC(OCC=C)(C3)C2. The van der Waals surface area contributed by atoms with Crippen molar-refractivity contribution in [1.29, 1.82) is 0 Å². The molecule has 4 heteroatoms. The normalized spacial score (nSPS) is 44.2. The molecule has 0 unspecified atom stereocenters. The Morgan fingerprint density at radius 1 is 0.652 bits per heavy atom. The van der Waals surface area contributed by atoms with E-state index in [-0.39, 0.29) is 0 Å². The minimum absolute atomic E-state index is 0.422. The molecule has 0 radical (unpaired) electrons. The lowest BCUT2D eigenvalue weighted by atomic mass is 9.49. The van der Waals surface area contributed by atoms with E-state index in [0.717, 1.165) is 0 Å². The third-order valence-electron chi connectivity index (χ3n) is 5.37. The average Bonchev–Trinajstić information content (AvgIpc) is 2.47. The van der Waals surface area contributed by atoms with E-state index in [0.29, 0.717) is 58.3 Å². The Kier molecular flexibility index (Phi) is 4.28. The van der Waals surface area contributed by atoms with Crippen molar-refractivity contribution in [3.05, 3.63) is 38.0 Å². The summed E-state index contributed by atoms with van der Waals surface area (Å²) in [5, 5.41) is 0. The van der Waals surface area contributed by atoms with Gasteiger partial charge in [0.1, 0.15) is 5.67 Å². The molecule has 23 heavy (non-hydrogen) atoms. The van der Waals surface area contributed by atoms with Gasteiger partial charge in [-0.25, -0.2) is 4.39 Å². The Balaban J connectivity index is 1.93. The highest BCUT2D eigenvalue weighted by molar-refractivity contribution is 5.23. The second kappa shape index (κ2) is 5.83. The molecule has 4 aliphatic rings. The highest BCUT2D eigenvalue weighted by Crippen LogP contribution is 2.65. The topological polar surface area (TPSA) is 27.7 Å². The molecule has 0 heterocycles. The summed E-state index contributed by atoms with van der Waals surface area (Å²) in [4.78, 5) is 0. The van der Waals surface area contributed by atoms with Crippen molar-refractivity contribution in [3.63, 3.8) is 0 Å². The van der Waals surface area contributed by atoms with E-state index in [1.165, 1.54) is 0 Å². The van der Waals surface area contributed by atoms with E-state index in [4.69, 9.17) is 14.2 Å². The molecule has 0 atom stereocenters. The second-order valence-electron chi connectivity index (χ2n) is 7.56. The molecule has 0 aromatic rings. The standard InChI is InChI=1S/C19H27FO3/c1-4-7-21-17-10-16(20)11-18(13-17,22-8-5-2)15-19(12-16,14-17)23-9-6-3/h4-6H,1-3,7-15H2. The van der Waals surface area contributed by atoms with Crippen molar-refractivity contribution in [2.24, 2.45) is 0 Å². The fourth-order valence-electron chi connectivity index (χ4n) is 5.41. The average molecular weight is 322 g/mol. The van der Waals surface area contributed by atoms with E-state index < -0.39 is 22.5 Å². The van der Waals surface area contributed by atoms with Gasteiger partial charge in [0.15, 0.2) is 0 Å². The van der Waals surface area contributed by atoms with Gasteiger partial charge in [-0.3, -0.25) is 0 Å². The molecule has 4 aliphatic carbocycles. The van der Waals surface area contributed by atoms with Crippen LogP contribution < -0.4 is 0 Å². The number of hydrogen-bond acceptors (Lipinski definition) is 3. The van der Waals surface area contributed by atoms with Crippen molar-refractivity contribution in [3.8, 4) is 0 Å². The number of halogens is 1. The lowest BCUT2D eigenvalue weighted by Gasteiger charge is -2.66. The molecular formula is C19H27FO3. The molecule has 4 rings (SSSR count). The van der Waals surface area contributed by atoms with E-state index in [9.17, 15) is 0 Å². The Bertz CT molecular complexity index is 424. The number of rotatable bonds is 9. The molecule has 4 saturated carbocycles. The maximum absolute atomic E-state index is 15.6. The van der Waals surface area contributed by atoms with Gasteiger partial charge >= 0.3 is 0 Å². The molecule has 0 spiro atoms. The molecule has 3 nitrogen and oxygen atoms in total. The van der Waals surface area contributed by atoms with E-state index in [1.54, 1.807) is 18.2 Å².